The third-order valence-electron chi connectivity index (χ3n) is 4.23. The second-order valence-electron chi connectivity index (χ2n) is 6.16. The fraction of sp³-hybridized carbons (Fsp3) is 0.350. The first-order chi connectivity index (χ1) is 11.5. The fourth-order valence-electron chi connectivity index (χ4n) is 2.68. The lowest BCUT2D eigenvalue weighted by Gasteiger charge is -2.19. The molecule has 2 rings (SSSR count). The molecule has 0 heterocycles. The van der Waals surface area contributed by atoms with Crippen molar-refractivity contribution in [1.82, 2.24) is 0 Å². The average molecular weight is 327 g/mol. The van der Waals surface area contributed by atoms with E-state index < -0.39 is 0 Å². The number of carbonyl (C=O) groups excluding carboxylic acids is 1. The van der Waals surface area contributed by atoms with E-state index in [4.69, 9.17) is 4.74 Å². The minimum absolute atomic E-state index is 0.0299. The van der Waals surface area contributed by atoms with Gasteiger partial charge in [-0.05, 0) is 50.6 Å². The molecule has 0 aliphatic heterocycles. The van der Waals surface area contributed by atoms with Gasteiger partial charge in [-0.15, -0.1) is 0 Å². The number of methoxy groups -OCH3 is 1. The molecule has 0 saturated carbocycles. The Morgan fingerprint density at radius 3 is 2.46 bits per heavy atom. The van der Waals surface area contributed by atoms with Gasteiger partial charge in [0, 0.05) is 11.3 Å². The first-order valence-corrected chi connectivity index (χ1v) is 8.35. The van der Waals surface area contributed by atoms with Gasteiger partial charge in [0.1, 0.15) is 12.3 Å². The third kappa shape index (κ3) is 5.10. The van der Waals surface area contributed by atoms with E-state index in [1.165, 1.54) is 21.6 Å². The van der Waals surface area contributed by atoms with E-state index >= 15 is 0 Å². The lowest BCUT2D eigenvalue weighted by atomic mass is 10.1. The Labute approximate surface area is 144 Å². The van der Waals surface area contributed by atoms with Crippen molar-refractivity contribution in [2.45, 2.75) is 27.3 Å². The summed E-state index contributed by atoms with van der Waals surface area (Å²) in [5, 5.41) is 2.95. The van der Waals surface area contributed by atoms with Crippen LogP contribution < -0.4 is 15.0 Å². The van der Waals surface area contributed by atoms with Crippen LogP contribution in [-0.4, -0.2) is 26.1 Å². The number of ether oxygens (including phenoxy) is 1. The van der Waals surface area contributed by atoms with Crippen LogP contribution in [0.4, 0.5) is 5.69 Å². The summed E-state index contributed by atoms with van der Waals surface area (Å²) in [6, 6.07) is 13.9. The molecular weight excluding hydrogens is 300 g/mol. The lowest BCUT2D eigenvalue weighted by Crippen LogP contribution is -3.11. The van der Waals surface area contributed by atoms with Gasteiger partial charge in [0.25, 0.3) is 5.91 Å². The summed E-state index contributed by atoms with van der Waals surface area (Å²) in [6.45, 7) is 8.56. The van der Waals surface area contributed by atoms with Gasteiger partial charge in [0.15, 0.2) is 6.54 Å². The van der Waals surface area contributed by atoms with Crippen LogP contribution in [0.1, 0.15) is 23.6 Å². The van der Waals surface area contributed by atoms with E-state index in [1.54, 1.807) is 7.11 Å². The fourth-order valence-corrected chi connectivity index (χ4v) is 2.68. The molecule has 0 spiro atoms. The summed E-state index contributed by atoms with van der Waals surface area (Å²) in [4.78, 5) is 13.6. The monoisotopic (exact) mass is 327 g/mol. The van der Waals surface area contributed by atoms with E-state index in [-0.39, 0.29) is 5.91 Å². The third-order valence-corrected chi connectivity index (χ3v) is 4.23. The van der Waals surface area contributed by atoms with Gasteiger partial charge in [-0.25, -0.2) is 0 Å². The highest BCUT2D eigenvalue weighted by Crippen LogP contribution is 2.14. The number of hydrogen-bond acceptors (Lipinski definition) is 2. The van der Waals surface area contributed by atoms with Crippen LogP contribution in [0.15, 0.2) is 42.5 Å². The standard InChI is InChI=1S/C20H26N2O2/c1-5-22(13-17-12-15(2)6-7-16(17)3)14-20(23)21-18-8-10-19(24-4)11-9-18/h6-12H,5,13-14H2,1-4H3,(H,21,23)/p+1. The largest absolute Gasteiger partial charge is 0.497 e. The quantitative estimate of drug-likeness (QED) is 0.820. The zero-order chi connectivity index (χ0) is 17.5. The number of hydrogen-bond donors (Lipinski definition) is 2. The predicted molar refractivity (Wildman–Crippen MR) is 97.6 cm³/mol. The molecule has 128 valence electrons. The Bertz CT molecular complexity index is 681. The Morgan fingerprint density at radius 1 is 1.12 bits per heavy atom. The topological polar surface area (TPSA) is 42.8 Å². The maximum atomic E-state index is 12.3. The van der Waals surface area contributed by atoms with Crippen molar-refractivity contribution in [3.63, 3.8) is 0 Å². The van der Waals surface area contributed by atoms with Crippen molar-refractivity contribution in [1.29, 1.82) is 0 Å². The summed E-state index contributed by atoms with van der Waals surface area (Å²) in [6.07, 6.45) is 0. The van der Waals surface area contributed by atoms with Gasteiger partial charge in [-0.1, -0.05) is 23.8 Å². The summed E-state index contributed by atoms with van der Waals surface area (Å²) in [5.74, 6) is 0.811. The average Bonchev–Trinajstić information content (AvgIpc) is 2.58. The first-order valence-electron chi connectivity index (χ1n) is 8.35. The Kier molecular flexibility index (Phi) is 6.38. The number of aryl methyl sites for hydroxylation is 2. The molecule has 0 saturated heterocycles. The number of anilines is 1. The Hall–Kier alpha value is -2.33. The minimum Gasteiger partial charge on any atom is -0.497 e. The molecule has 2 N–H and O–H groups in total. The van der Waals surface area contributed by atoms with Crippen molar-refractivity contribution in [3.8, 4) is 5.75 Å². The molecule has 1 unspecified atom stereocenters. The van der Waals surface area contributed by atoms with Crippen molar-refractivity contribution in [2.24, 2.45) is 0 Å². The molecule has 1 amide bonds. The highest BCUT2D eigenvalue weighted by molar-refractivity contribution is 5.91. The SMILES string of the molecule is CC[NH+](CC(=O)Nc1ccc(OC)cc1)Cc1cc(C)ccc1C. The maximum Gasteiger partial charge on any atom is 0.279 e. The van der Waals surface area contributed by atoms with Gasteiger partial charge in [0.2, 0.25) is 0 Å². The van der Waals surface area contributed by atoms with Crippen molar-refractivity contribution >= 4 is 11.6 Å². The molecular formula is C20H27N2O2+. The summed E-state index contributed by atoms with van der Waals surface area (Å²) in [7, 11) is 1.63. The smallest absolute Gasteiger partial charge is 0.279 e. The first kappa shape index (κ1) is 18.0. The summed E-state index contributed by atoms with van der Waals surface area (Å²) in [5.41, 5.74) is 4.64. The van der Waals surface area contributed by atoms with Gasteiger partial charge in [-0.3, -0.25) is 4.79 Å². The summed E-state index contributed by atoms with van der Waals surface area (Å²) >= 11 is 0. The van der Waals surface area contributed by atoms with Crippen LogP contribution in [0.5, 0.6) is 5.75 Å². The maximum absolute atomic E-state index is 12.3. The molecule has 0 bridgehead atoms. The molecule has 2 aromatic rings. The minimum atomic E-state index is 0.0299. The number of rotatable bonds is 7. The van der Waals surface area contributed by atoms with E-state index in [0.717, 1.165) is 24.5 Å². The molecule has 0 fully saturated rings. The Balaban J connectivity index is 1.95. The number of benzene rings is 2. The number of carbonyl (C=O) groups is 1. The molecule has 0 aromatic heterocycles. The zero-order valence-electron chi connectivity index (χ0n) is 15.0. The van der Waals surface area contributed by atoms with Crippen LogP contribution >= 0.6 is 0 Å². The van der Waals surface area contributed by atoms with Crippen molar-refractivity contribution in [2.75, 3.05) is 25.5 Å². The number of likely N-dealkylation sites (N-methyl/N-ethyl adjacent to an activating group) is 1. The molecule has 2 aromatic carbocycles. The van der Waals surface area contributed by atoms with E-state index in [2.05, 4.69) is 44.3 Å². The van der Waals surface area contributed by atoms with Crippen LogP contribution in [-0.2, 0) is 11.3 Å². The predicted octanol–water partition coefficient (Wildman–Crippen LogP) is 2.36. The van der Waals surface area contributed by atoms with E-state index in [1.807, 2.05) is 24.3 Å². The molecule has 1 atom stereocenters. The van der Waals surface area contributed by atoms with Gasteiger partial charge < -0.3 is 15.0 Å². The molecule has 24 heavy (non-hydrogen) atoms. The van der Waals surface area contributed by atoms with Crippen LogP contribution in [0.2, 0.25) is 0 Å². The highest BCUT2D eigenvalue weighted by Gasteiger charge is 2.14. The number of amides is 1. The van der Waals surface area contributed by atoms with Crippen LogP contribution in [0.25, 0.3) is 0 Å². The highest BCUT2D eigenvalue weighted by atomic mass is 16.5. The molecule has 0 aliphatic rings. The second kappa shape index (κ2) is 8.50. The molecule has 4 nitrogen and oxygen atoms in total. The number of nitrogens with one attached hydrogen (secondary N) is 2. The van der Waals surface area contributed by atoms with Gasteiger partial charge in [-0.2, -0.15) is 0 Å². The van der Waals surface area contributed by atoms with Crippen LogP contribution in [0.3, 0.4) is 0 Å². The van der Waals surface area contributed by atoms with Crippen LogP contribution in [0, 0.1) is 13.8 Å². The zero-order valence-corrected chi connectivity index (χ0v) is 15.0. The molecule has 0 aliphatic carbocycles. The van der Waals surface area contributed by atoms with E-state index in [9.17, 15) is 4.79 Å². The molecule has 4 heteroatoms. The van der Waals surface area contributed by atoms with Gasteiger partial charge in [0.05, 0.1) is 13.7 Å². The van der Waals surface area contributed by atoms with Crippen molar-refractivity contribution < 1.29 is 14.4 Å². The Morgan fingerprint density at radius 2 is 1.83 bits per heavy atom. The second-order valence-corrected chi connectivity index (χ2v) is 6.16. The summed E-state index contributed by atoms with van der Waals surface area (Å²) < 4.78 is 5.13. The number of quaternary nitrogens is 1. The molecule has 0 radical (unpaired) electrons. The van der Waals surface area contributed by atoms with Gasteiger partial charge >= 0.3 is 0 Å². The van der Waals surface area contributed by atoms with Crippen molar-refractivity contribution in [3.05, 3.63) is 59.2 Å². The van der Waals surface area contributed by atoms with E-state index in [0.29, 0.717) is 6.54 Å². The lowest BCUT2D eigenvalue weighted by molar-refractivity contribution is -0.903. The normalized spacial score (nSPS) is 11.8.